The van der Waals surface area contributed by atoms with Gasteiger partial charge in [0.15, 0.2) is 11.0 Å². The van der Waals surface area contributed by atoms with E-state index < -0.39 is 0 Å². The molecule has 6 nitrogen and oxygen atoms in total. The van der Waals surface area contributed by atoms with Gasteiger partial charge in [-0.05, 0) is 25.0 Å². The Hall–Kier alpha value is -2.21. The number of hydrogen-bond acceptors (Lipinski definition) is 5. The number of nitrogens with zero attached hydrogens (tertiary/aromatic N) is 5. The fourth-order valence-corrected chi connectivity index (χ4v) is 2.58. The second kappa shape index (κ2) is 6.91. The molecule has 23 heavy (non-hydrogen) atoms. The Morgan fingerprint density at radius 1 is 1.26 bits per heavy atom. The number of aromatic nitrogens is 5. The van der Waals surface area contributed by atoms with Crippen molar-refractivity contribution in [3.05, 3.63) is 47.1 Å². The van der Waals surface area contributed by atoms with Gasteiger partial charge in [0.05, 0.1) is 5.69 Å². The summed E-state index contributed by atoms with van der Waals surface area (Å²) < 4.78 is 1.72. The second-order valence-electron chi connectivity index (χ2n) is 5.68. The number of rotatable bonds is 6. The predicted molar refractivity (Wildman–Crippen MR) is 90.9 cm³/mol. The lowest BCUT2D eigenvalue weighted by Crippen LogP contribution is -2.07. The lowest BCUT2D eigenvalue weighted by atomic mass is 10.2. The molecule has 7 heteroatoms. The van der Waals surface area contributed by atoms with E-state index in [2.05, 4.69) is 39.4 Å². The van der Waals surface area contributed by atoms with Gasteiger partial charge in [0.25, 0.3) is 0 Å². The van der Waals surface area contributed by atoms with Crippen molar-refractivity contribution in [1.82, 2.24) is 24.8 Å². The zero-order chi connectivity index (χ0) is 16.2. The first-order valence-electron chi connectivity index (χ1n) is 7.71. The molecule has 0 amide bonds. The molecule has 3 aromatic rings. The predicted octanol–water partition coefficient (Wildman–Crippen LogP) is 3.34. The zero-order valence-electron chi connectivity index (χ0n) is 13.2. The maximum Gasteiger partial charge on any atom is 0.201 e. The molecule has 3 aromatic heterocycles. The summed E-state index contributed by atoms with van der Waals surface area (Å²) in [6.07, 6.45) is 3.71. The lowest BCUT2D eigenvalue weighted by molar-refractivity contribution is 0.721. The molecule has 120 valence electrons. The van der Waals surface area contributed by atoms with Crippen LogP contribution in [0, 0.1) is 0 Å². The van der Waals surface area contributed by atoms with E-state index in [0.717, 1.165) is 36.6 Å². The van der Waals surface area contributed by atoms with Crippen LogP contribution in [-0.4, -0.2) is 31.3 Å². The van der Waals surface area contributed by atoms with E-state index in [1.165, 1.54) is 0 Å². The minimum Gasteiger partial charge on any atom is -0.382 e. The monoisotopic (exact) mass is 330 g/mol. The molecular formula is C16H19ClN6. The standard InChI is InChI=1S/C16H19ClN6/c1-11(2)15-20-21-16-13(10-14(17)22-23(15)16)19-9-5-7-12-6-3-4-8-18-12/h3-4,6,8,10-11,19H,5,7,9H2,1-2H3. The van der Waals surface area contributed by atoms with Gasteiger partial charge in [0, 0.05) is 30.4 Å². The molecule has 0 saturated heterocycles. The molecule has 0 unspecified atom stereocenters. The molecular weight excluding hydrogens is 312 g/mol. The topological polar surface area (TPSA) is 68.0 Å². The van der Waals surface area contributed by atoms with Crippen molar-refractivity contribution in [3.8, 4) is 0 Å². The average Bonchev–Trinajstić information content (AvgIpc) is 2.96. The van der Waals surface area contributed by atoms with E-state index in [1.807, 2.05) is 24.4 Å². The number of nitrogens with one attached hydrogen (secondary N) is 1. The number of fused-ring (bicyclic) bond motifs is 1. The molecule has 0 radical (unpaired) electrons. The highest BCUT2D eigenvalue weighted by Crippen LogP contribution is 2.22. The molecule has 0 aromatic carbocycles. The van der Waals surface area contributed by atoms with Crippen molar-refractivity contribution >= 4 is 22.9 Å². The quantitative estimate of drug-likeness (QED) is 0.702. The second-order valence-corrected chi connectivity index (χ2v) is 6.07. The van der Waals surface area contributed by atoms with E-state index in [0.29, 0.717) is 10.8 Å². The Bertz CT molecular complexity index is 784. The van der Waals surface area contributed by atoms with Gasteiger partial charge in [0.2, 0.25) is 5.65 Å². The Kier molecular flexibility index (Phi) is 4.71. The Morgan fingerprint density at radius 3 is 2.87 bits per heavy atom. The molecule has 0 aliphatic carbocycles. The van der Waals surface area contributed by atoms with Crippen LogP contribution in [0.5, 0.6) is 0 Å². The van der Waals surface area contributed by atoms with Crippen LogP contribution in [0.25, 0.3) is 5.65 Å². The SMILES string of the molecule is CC(C)c1nnc2c(NCCCc3ccccn3)cc(Cl)nn12. The normalized spacial score (nSPS) is 11.3. The van der Waals surface area contributed by atoms with Crippen LogP contribution in [0.1, 0.15) is 37.7 Å². The zero-order valence-corrected chi connectivity index (χ0v) is 14.0. The van der Waals surface area contributed by atoms with Crippen molar-refractivity contribution in [3.63, 3.8) is 0 Å². The first-order valence-corrected chi connectivity index (χ1v) is 8.08. The number of halogens is 1. The van der Waals surface area contributed by atoms with Crippen LogP contribution < -0.4 is 5.32 Å². The fraction of sp³-hybridized carbons (Fsp3) is 0.375. The van der Waals surface area contributed by atoms with Gasteiger partial charge < -0.3 is 5.32 Å². The van der Waals surface area contributed by atoms with Gasteiger partial charge >= 0.3 is 0 Å². The molecule has 3 rings (SSSR count). The van der Waals surface area contributed by atoms with Crippen LogP contribution in [0.4, 0.5) is 5.69 Å². The molecule has 0 bridgehead atoms. The van der Waals surface area contributed by atoms with Crippen LogP contribution in [0.2, 0.25) is 5.15 Å². The molecule has 0 fully saturated rings. The summed E-state index contributed by atoms with van der Waals surface area (Å²) in [5.41, 5.74) is 2.65. The van der Waals surface area contributed by atoms with Crippen LogP contribution in [0.15, 0.2) is 30.5 Å². The molecule has 0 spiro atoms. The van der Waals surface area contributed by atoms with Gasteiger partial charge in [-0.1, -0.05) is 31.5 Å². The molecule has 0 aliphatic heterocycles. The average molecular weight is 331 g/mol. The molecule has 0 aliphatic rings. The van der Waals surface area contributed by atoms with Crippen molar-refractivity contribution in [2.24, 2.45) is 0 Å². The van der Waals surface area contributed by atoms with E-state index >= 15 is 0 Å². The molecule has 0 atom stereocenters. The fourth-order valence-electron chi connectivity index (χ4n) is 2.40. The summed E-state index contributed by atoms with van der Waals surface area (Å²) in [5.74, 6) is 1.03. The lowest BCUT2D eigenvalue weighted by Gasteiger charge is -2.08. The number of anilines is 1. The van der Waals surface area contributed by atoms with E-state index in [1.54, 1.807) is 10.6 Å². The third-order valence-corrected chi connectivity index (χ3v) is 3.72. The summed E-state index contributed by atoms with van der Waals surface area (Å²) in [6.45, 7) is 4.91. The highest BCUT2D eigenvalue weighted by atomic mass is 35.5. The highest BCUT2D eigenvalue weighted by Gasteiger charge is 2.14. The smallest absolute Gasteiger partial charge is 0.201 e. The first-order chi connectivity index (χ1) is 11.1. The van der Waals surface area contributed by atoms with Gasteiger partial charge in [-0.15, -0.1) is 10.2 Å². The Labute approximate surface area is 139 Å². The summed E-state index contributed by atoms with van der Waals surface area (Å²) in [7, 11) is 0. The van der Waals surface area contributed by atoms with E-state index in [9.17, 15) is 0 Å². The van der Waals surface area contributed by atoms with Crippen molar-refractivity contribution in [2.45, 2.75) is 32.6 Å². The molecule has 0 saturated carbocycles. The molecule has 3 heterocycles. The number of hydrogen-bond donors (Lipinski definition) is 1. The number of pyridine rings is 1. The summed E-state index contributed by atoms with van der Waals surface area (Å²) >= 11 is 6.13. The Morgan fingerprint density at radius 2 is 2.13 bits per heavy atom. The minimum absolute atomic E-state index is 0.230. The third-order valence-electron chi connectivity index (χ3n) is 3.53. The van der Waals surface area contributed by atoms with E-state index in [4.69, 9.17) is 11.6 Å². The van der Waals surface area contributed by atoms with Gasteiger partial charge in [-0.2, -0.15) is 9.61 Å². The summed E-state index contributed by atoms with van der Waals surface area (Å²) in [4.78, 5) is 4.32. The van der Waals surface area contributed by atoms with Crippen molar-refractivity contribution in [1.29, 1.82) is 0 Å². The minimum atomic E-state index is 0.230. The van der Waals surface area contributed by atoms with Crippen LogP contribution >= 0.6 is 11.6 Å². The number of aryl methyl sites for hydroxylation is 1. The molecule has 1 N–H and O–H groups in total. The Balaban J connectivity index is 1.70. The first kappa shape index (κ1) is 15.7. The van der Waals surface area contributed by atoms with Gasteiger partial charge in [-0.3, -0.25) is 4.98 Å². The van der Waals surface area contributed by atoms with Gasteiger partial charge in [-0.25, -0.2) is 0 Å². The van der Waals surface area contributed by atoms with Gasteiger partial charge in [0.1, 0.15) is 0 Å². The van der Waals surface area contributed by atoms with Crippen molar-refractivity contribution in [2.75, 3.05) is 11.9 Å². The van der Waals surface area contributed by atoms with Crippen LogP contribution in [0.3, 0.4) is 0 Å². The summed E-state index contributed by atoms with van der Waals surface area (Å²) in [6, 6.07) is 7.76. The van der Waals surface area contributed by atoms with E-state index in [-0.39, 0.29) is 5.92 Å². The highest BCUT2D eigenvalue weighted by molar-refractivity contribution is 6.29. The van der Waals surface area contributed by atoms with Crippen molar-refractivity contribution < 1.29 is 0 Å². The third kappa shape index (κ3) is 3.59. The van der Waals surface area contributed by atoms with Crippen LogP contribution in [-0.2, 0) is 6.42 Å². The maximum absolute atomic E-state index is 6.13. The summed E-state index contributed by atoms with van der Waals surface area (Å²) in [5, 5.41) is 16.5. The maximum atomic E-state index is 6.13. The largest absolute Gasteiger partial charge is 0.382 e.